The van der Waals surface area contributed by atoms with Crippen LogP contribution in [-0.2, 0) is 4.79 Å². The molecule has 1 aromatic carbocycles. The van der Waals surface area contributed by atoms with Gasteiger partial charge in [0.05, 0.1) is 11.4 Å². The predicted molar refractivity (Wildman–Crippen MR) is 80.5 cm³/mol. The first-order chi connectivity index (χ1) is 9.56. The summed E-state index contributed by atoms with van der Waals surface area (Å²) in [7, 11) is 0. The summed E-state index contributed by atoms with van der Waals surface area (Å²) in [5.74, 6) is -0.0727. The summed E-state index contributed by atoms with van der Waals surface area (Å²) in [6, 6.07) is 4.65. The average Bonchev–Trinajstić information content (AvgIpc) is 2.39. The van der Waals surface area contributed by atoms with Crippen LogP contribution in [-0.4, -0.2) is 19.0 Å². The van der Waals surface area contributed by atoms with Gasteiger partial charge in [0, 0.05) is 19.5 Å². The van der Waals surface area contributed by atoms with Crippen molar-refractivity contribution in [1.29, 1.82) is 0 Å². The Kier molecular flexibility index (Phi) is 4.99. The molecule has 3 nitrogen and oxygen atoms in total. The lowest BCUT2D eigenvalue weighted by atomic mass is 10.1. The van der Waals surface area contributed by atoms with Crippen molar-refractivity contribution >= 4 is 17.3 Å². The lowest BCUT2D eigenvalue weighted by molar-refractivity contribution is -0.116. The zero-order valence-corrected chi connectivity index (χ0v) is 12.3. The quantitative estimate of drug-likeness (QED) is 0.908. The van der Waals surface area contributed by atoms with Crippen molar-refractivity contribution in [2.45, 2.75) is 39.5 Å². The number of carbonyl (C=O) groups is 1. The number of nitrogens with one attached hydrogen (secondary N) is 1. The van der Waals surface area contributed by atoms with Gasteiger partial charge in [0.1, 0.15) is 5.82 Å². The molecular formula is C16H23FN2O. The Hall–Kier alpha value is -1.58. The van der Waals surface area contributed by atoms with E-state index in [0.717, 1.165) is 31.6 Å². The van der Waals surface area contributed by atoms with E-state index in [-0.39, 0.29) is 11.7 Å². The monoisotopic (exact) mass is 278 g/mol. The van der Waals surface area contributed by atoms with Crippen molar-refractivity contribution < 1.29 is 9.18 Å². The number of hydrogen-bond donors (Lipinski definition) is 1. The average molecular weight is 278 g/mol. The number of benzene rings is 1. The predicted octanol–water partition coefficient (Wildman–Crippen LogP) is 3.80. The highest BCUT2D eigenvalue weighted by Gasteiger charge is 2.16. The SMILES string of the molecule is CC(C)CC(=O)Nc1cc(F)ccc1N1CCCCC1. The molecule has 1 heterocycles. The second-order valence-electron chi connectivity index (χ2n) is 5.86. The van der Waals surface area contributed by atoms with Crippen molar-refractivity contribution in [3.63, 3.8) is 0 Å². The fourth-order valence-corrected chi connectivity index (χ4v) is 2.59. The zero-order valence-electron chi connectivity index (χ0n) is 12.3. The fraction of sp³-hybridized carbons (Fsp3) is 0.562. The van der Waals surface area contributed by atoms with Crippen LogP contribution >= 0.6 is 0 Å². The summed E-state index contributed by atoms with van der Waals surface area (Å²) in [6.07, 6.45) is 4.00. The standard InChI is InChI=1S/C16H23FN2O/c1-12(2)10-16(20)18-14-11-13(17)6-7-15(14)19-8-4-3-5-9-19/h6-7,11-12H,3-5,8-10H2,1-2H3,(H,18,20). The molecule has 0 bridgehead atoms. The Morgan fingerprint density at radius 3 is 2.65 bits per heavy atom. The molecule has 110 valence electrons. The van der Waals surface area contributed by atoms with Crippen LogP contribution in [0.2, 0.25) is 0 Å². The van der Waals surface area contributed by atoms with Crippen LogP contribution in [0.4, 0.5) is 15.8 Å². The lowest BCUT2D eigenvalue weighted by Crippen LogP contribution is -2.30. The van der Waals surface area contributed by atoms with Crippen LogP contribution in [0.3, 0.4) is 0 Å². The van der Waals surface area contributed by atoms with Crippen LogP contribution in [0, 0.1) is 11.7 Å². The Labute approximate surface area is 120 Å². The number of nitrogens with zero attached hydrogens (tertiary/aromatic N) is 1. The maximum absolute atomic E-state index is 13.5. The van der Waals surface area contributed by atoms with E-state index in [4.69, 9.17) is 0 Å². The molecule has 1 aromatic rings. The summed E-state index contributed by atoms with van der Waals surface area (Å²) in [6.45, 7) is 5.94. The van der Waals surface area contributed by atoms with Crippen LogP contribution in [0.25, 0.3) is 0 Å². The second-order valence-corrected chi connectivity index (χ2v) is 5.86. The third-order valence-electron chi connectivity index (χ3n) is 3.52. The molecule has 1 aliphatic heterocycles. The van der Waals surface area contributed by atoms with Gasteiger partial charge in [0.15, 0.2) is 0 Å². The molecule has 0 saturated carbocycles. The highest BCUT2D eigenvalue weighted by molar-refractivity contribution is 5.94. The van der Waals surface area contributed by atoms with Crippen molar-refractivity contribution in [3.05, 3.63) is 24.0 Å². The molecule has 0 atom stereocenters. The Balaban J connectivity index is 2.16. The highest BCUT2D eigenvalue weighted by Crippen LogP contribution is 2.29. The molecule has 0 unspecified atom stereocenters. The Morgan fingerprint density at radius 2 is 2.00 bits per heavy atom. The summed E-state index contributed by atoms with van der Waals surface area (Å²) in [4.78, 5) is 14.1. The zero-order chi connectivity index (χ0) is 14.5. The number of halogens is 1. The van der Waals surface area contributed by atoms with E-state index >= 15 is 0 Å². The molecule has 1 fully saturated rings. The number of amides is 1. The molecule has 1 aliphatic rings. The van der Waals surface area contributed by atoms with Crippen molar-refractivity contribution in [1.82, 2.24) is 0 Å². The van der Waals surface area contributed by atoms with Crippen LogP contribution in [0.15, 0.2) is 18.2 Å². The molecule has 0 spiro atoms. The van der Waals surface area contributed by atoms with Crippen molar-refractivity contribution in [3.8, 4) is 0 Å². The number of anilines is 2. The maximum atomic E-state index is 13.5. The van der Waals surface area contributed by atoms with Gasteiger partial charge in [-0.05, 0) is 43.4 Å². The summed E-state index contributed by atoms with van der Waals surface area (Å²) in [5.41, 5.74) is 1.53. The van der Waals surface area contributed by atoms with E-state index in [1.807, 2.05) is 13.8 Å². The summed E-state index contributed by atoms with van der Waals surface area (Å²) < 4.78 is 13.5. The minimum absolute atomic E-state index is 0.0520. The lowest BCUT2D eigenvalue weighted by Gasteiger charge is -2.30. The van der Waals surface area contributed by atoms with Crippen molar-refractivity contribution in [2.24, 2.45) is 5.92 Å². The molecule has 4 heteroatoms. The van der Waals surface area contributed by atoms with Gasteiger partial charge < -0.3 is 10.2 Å². The van der Waals surface area contributed by atoms with Gasteiger partial charge in [-0.2, -0.15) is 0 Å². The molecular weight excluding hydrogens is 255 g/mol. The largest absolute Gasteiger partial charge is 0.370 e. The number of piperidine rings is 1. The van der Waals surface area contributed by atoms with Crippen molar-refractivity contribution in [2.75, 3.05) is 23.3 Å². The third-order valence-corrected chi connectivity index (χ3v) is 3.52. The van der Waals surface area contributed by atoms with Gasteiger partial charge in [-0.15, -0.1) is 0 Å². The first-order valence-corrected chi connectivity index (χ1v) is 7.40. The molecule has 0 aliphatic carbocycles. The summed E-state index contributed by atoms with van der Waals surface area (Å²) >= 11 is 0. The fourth-order valence-electron chi connectivity index (χ4n) is 2.59. The first kappa shape index (κ1) is 14.8. The molecule has 0 aromatic heterocycles. The van der Waals surface area contributed by atoms with Crippen LogP contribution < -0.4 is 10.2 Å². The smallest absolute Gasteiger partial charge is 0.224 e. The van der Waals surface area contributed by atoms with Gasteiger partial charge in [-0.1, -0.05) is 13.8 Å². The molecule has 20 heavy (non-hydrogen) atoms. The van der Waals surface area contributed by atoms with Gasteiger partial charge in [-0.3, -0.25) is 4.79 Å². The van der Waals surface area contributed by atoms with E-state index in [1.54, 1.807) is 6.07 Å². The normalized spacial score (nSPS) is 15.5. The van der Waals surface area contributed by atoms with E-state index < -0.39 is 0 Å². The summed E-state index contributed by atoms with van der Waals surface area (Å²) in [5, 5.41) is 2.86. The molecule has 1 amide bonds. The third kappa shape index (κ3) is 3.95. The van der Waals surface area contributed by atoms with Gasteiger partial charge in [0.2, 0.25) is 5.91 Å². The molecule has 1 N–H and O–H groups in total. The van der Waals surface area contributed by atoms with Gasteiger partial charge >= 0.3 is 0 Å². The van der Waals surface area contributed by atoms with E-state index in [9.17, 15) is 9.18 Å². The molecule has 1 saturated heterocycles. The van der Waals surface area contributed by atoms with E-state index in [1.165, 1.54) is 18.6 Å². The number of carbonyl (C=O) groups excluding carboxylic acids is 1. The molecule has 2 rings (SSSR count). The van der Waals surface area contributed by atoms with Crippen LogP contribution in [0.1, 0.15) is 39.5 Å². The molecule has 0 radical (unpaired) electrons. The van der Waals surface area contributed by atoms with Gasteiger partial charge in [0.25, 0.3) is 0 Å². The topological polar surface area (TPSA) is 32.3 Å². The minimum atomic E-state index is -0.314. The van der Waals surface area contributed by atoms with E-state index in [0.29, 0.717) is 18.0 Å². The Morgan fingerprint density at radius 1 is 1.30 bits per heavy atom. The first-order valence-electron chi connectivity index (χ1n) is 7.40. The maximum Gasteiger partial charge on any atom is 0.224 e. The minimum Gasteiger partial charge on any atom is -0.370 e. The van der Waals surface area contributed by atoms with Crippen LogP contribution in [0.5, 0.6) is 0 Å². The number of hydrogen-bond acceptors (Lipinski definition) is 2. The number of rotatable bonds is 4. The highest BCUT2D eigenvalue weighted by atomic mass is 19.1. The Bertz CT molecular complexity index is 468. The second kappa shape index (κ2) is 6.73. The van der Waals surface area contributed by atoms with E-state index in [2.05, 4.69) is 10.2 Å². The van der Waals surface area contributed by atoms with Gasteiger partial charge in [-0.25, -0.2) is 4.39 Å².